The Bertz CT molecular complexity index is 1560. The molecule has 2 amide bonds. The molecule has 0 aromatic carbocycles. The largest absolute Gasteiger partial charge is 0.481 e. The smallest absolute Gasteiger partial charge is 0.303 e. The number of hydrogen-bond acceptors (Lipinski definition) is 6. The maximum absolute atomic E-state index is 12.6. The molecule has 44 heavy (non-hydrogen) atoms. The second-order valence-corrected chi connectivity index (χ2v) is 13.4. The minimum Gasteiger partial charge on any atom is -0.481 e. The fourth-order valence-electron chi connectivity index (χ4n) is 6.67. The summed E-state index contributed by atoms with van der Waals surface area (Å²) in [7, 11) is 0. The highest BCUT2D eigenvalue weighted by Crippen LogP contribution is 2.46. The predicted molar refractivity (Wildman–Crippen MR) is 170 cm³/mol. The number of nitrogens with one attached hydrogen (secondary N) is 4. The molecule has 10 nitrogen and oxygen atoms in total. The Morgan fingerprint density at radius 3 is 2.30 bits per heavy atom. The van der Waals surface area contributed by atoms with E-state index >= 15 is 0 Å². The molecule has 0 radical (unpaired) electrons. The molecule has 4 aliphatic rings. The van der Waals surface area contributed by atoms with Crippen molar-refractivity contribution >= 4 is 47.7 Å². The molecule has 5 atom stereocenters. The number of amides is 2. The Morgan fingerprint density at radius 1 is 1.00 bits per heavy atom. The minimum atomic E-state index is -0.897. The summed E-state index contributed by atoms with van der Waals surface area (Å²) in [5.74, 6) is -1.08. The molecular weight excluding hydrogens is 580 g/mol. The van der Waals surface area contributed by atoms with Crippen molar-refractivity contribution in [1.82, 2.24) is 20.9 Å². The van der Waals surface area contributed by atoms with Crippen molar-refractivity contribution in [3.8, 4) is 0 Å². The van der Waals surface area contributed by atoms with Crippen molar-refractivity contribution in [2.45, 2.75) is 71.1 Å². The van der Waals surface area contributed by atoms with E-state index in [9.17, 15) is 29.4 Å². The van der Waals surface area contributed by atoms with Gasteiger partial charge in [-0.15, -0.1) is 0 Å². The lowest BCUT2D eigenvalue weighted by Crippen LogP contribution is -2.30. The third-order valence-corrected chi connectivity index (χ3v) is 10.4. The molecule has 0 saturated carbocycles. The molecule has 11 heteroatoms. The van der Waals surface area contributed by atoms with E-state index in [1.807, 2.05) is 51.6 Å². The molecule has 5 heterocycles. The van der Waals surface area contributed by atoms with Crippen molar-refractivity contribution in [1.29, 1.82) is 0 Å². The Balaban J connectivity index is 1.50. The van der Waals surface area contributed by atoms with Crippen LogP contribution in [0.25, 0.3) is 12.2 Å². The van der Waals surface area contributed by atoms with Crippen LogP contribution >= 0.6 is 11.8 Å². The molecule has 2 unspecified atom stereocenters. The fraction of sp³-hybridized carbons (Fsp3) is 0.455. The molecule has 6 N–H and O–H groups in total. The van der Waals surface area contributed by atoms with Crippen LogP contribution in [0.1, 0.15) is 69.0 Å². The van der Waals surface area contributed by atoms with Crippen LogP contribution in [0.5, 0.6) is 0 Å². The number of allylic oxidation sites excluding steroid dienone is 2. The summed E-state index contributed by atoms with van der Waals surface area (Å²) in [4.78, 5) is 51.6. The lowest BCUT2D eigenvalue weighted by molar-refractivity contribution is -0.138. The normalized spacial score (nSPS) is 28.1. The standard InChI is InChI=1S/C33H40N4O6S/c1-6-19-15(2)24(36-33(19)43)11-22-16(3)20(7-9-29(38)39)25(34-22)13-26-21(8-10-30(40)41)17(4)23(35-26)12-27-31(28-14-44-28)18(5)32(42)37-27/h6,12-13,18,20,24,28,31,34-35H,1,7-11,14H2,2-5H3,(H,36,43)(H,37,42)(H,38,39)(H,40,41)/b25-13-,27-12-/t18-,20?,24?,28-,31-/m1/s1. The van der Waals surface area contributed by atoms with E-state index in [4.69, 9.17) is 0 Å². The van der Waals surface area contributed by atoms with Crippen LogP contribution < -0.4 is 16.0 Å². The molecule has 1 aromatic heterocycles. The number of carbonyl (C=O) groups excluding carboxylic acids is 2. The average Bonchev–Trinajstić information content (AvgIpc) is 3.53. The van der Waals surface area contributed by atoms with Gasteiger partial charge >= 0.3 is 11.9 Å². The zero-order valence-electron chi connectivity index (χ0n) is 25.5. The number of aliphatic carboxylic acids is 2. The van der Waals surface area contributed by atoms with Gasteiger partial charge in [-0.1, -0.05) is 19.6 Å². The van der Waals surface area contributed by atoms with Gasteiger partial charge in [0.2, 0.25) is 5.91 Å². The molecule has 234 valence electrons. The van der Waals surface area contributed by atoms with Crippen LogP contribution in [0.4, 0.5) is 0 Å². The minimum absolute atomic E-state index is 0.0144. The highest BCUT2D eigenvalue weighted by atomic mass is 32.2. The van der Waals surface area contributed by atoms with Gasteiger partial charge in [0.1, 0.15) is 0 Å². The van der Waals surface area contributed by atoms with Gasteiger partial charge in [-0.3, -0.25) is 19.2 Å². The summed E-state index contributed by atoms with van der Waals surface area (Å²) in [6.07, 6.45) is 6.68. The highest BCUT2D eigenvalue weighted by molar-refractivity contribution is 8.06. The Hall–Kier alpha value is -3.99. The number of carbonyl (C=O) groups is 4. The maximum Gasteiger partial charge on any atom is 0.303 e. The molecule has 4 aliphatic heterocycles. The maximum atomic E-state index is 12.6. The van der Waals surface area contributed by atoms with E-state index < -0.39 is 11.9 Å². The van der Waals surface area contributed by atoms with Crippen LogP contribution in [0, 0.1) is 24.7 Å². The Labute approximate surface area is 261 Å². The van der Waals surface area contributed by atoms with Crippen molar-refractivity contribution in [2.24, 2.45) is 17.8 Å². The van der Waals surface area contributed by atoms with E-state index in [0.29, 0.717) is 30.1 Å². The van der Waals surface area contributed by atoms with Crippen LogP contribution in [-0.4, -0.2) is 56.0 Å². The number of thioether (sulfide) groups is 1. The number of aromatic nitrogens is 1. The van der Waals surface area contributed by atoms with Crippen molar-refractivity contribution < 1.29 is 29.4 Å². The first-order valence-corrected chi connectivity index (χ1v) is 16.1. The van der Waals surface area contributed by atoms with Gasteiger partial charge in [0, 0.05) is 82.1 Å². The lowest BCUT2D eigenvalue weighted by Gasteiger charge is -2.15. The predicted octanol–water partition coefficient (Wildman–Crippen LogP) is 4.27. The summed E-state index contributed by atoms with van der Waals surface area (Å²) in [6.45, 7) is 11.6. The summed E-state index contributed by atoms with van der Waals surface area (Å²) in [5.41, 5.74) is 8.47. The molecule has 5 rings (SSSR count). The Kier molecular flexibility index (Phi) is 8.97. The summed E-state index contributed by atoms with van der Waals surface area (Å²) >= 11 is 1.85. The summed E-state index contributed by atoms with van der Waals surface area (Å²) in [6, 6.07) is -0.203. The van der Waals surface area contributed by atoms with Gasteiger partial charge in [0.15, 0.2) is 0 Å². The van der Waals surface area contributed by atoms with Gasteiger partial charge in [-0.05, 0) is 68.0 Å². The van der Waals surface area contributed by atoms with Crippen LogP contribution in [-0.2, 0) is 25.6 Å². The number of H-pyrrole nitrogens is 1. The first-order chi connectivity index (χ1) is 20.9. The van der Waals surface area contributed by atoms with E-state index in [0.717, 1.165) is 56.5 Å². The number of rotatable bonds is 12. The number of carboxylic acid groups (broad SMARTS) is 2. The number of hydrogen-bond donors (Lipinski definition) is 6. The van der Waals surface area contributed by atoms with Crippen molar-refractivity contribution in [3.63, 3.8) is 0 Å². The molecular formula is C33H40N4O6S. The molecule has 0 bridgehead atoms. The first kappa shape index (κ1) is 31.4. The topological polar surface area (TPSA) is 161 Å². The molecule has 1 aromatic rings. The fourth-order valence-corrected chi connectivity index (χ4v) is 7.57. The number of aromatic amines is 1. The quantitative estimate of drug-likeness (QED) is 0.189. The van der Waals surface area contributed by atoms with Crippen molar-refractivity contribution in [2.75, 3.05) is 5.75 Å². The van der Waals surface area contributed by atoms with Crippen LogP contribution in [0.15, 0.2) is 46.5 Å². The monoisotopic (exact) mass is 620 g/mol. The third kappa shape index (κ3) is 6.29. The van der Waals surface area contributed by atoms with E-state index in [1.54, 1.807) is 6.08 Å². The van der Waals surface area contributed by atoms with Gasteiger partial charge in [-0.2, -0.15) is 11.8 Å². The van der Waals surface area contributed by atoms with Crippen LogP contribution in [0.3, 0.4) is 0 Å². The third-order valence-electron chi connectivity index (χ3n) is 9.40. The molecule has 0 spiro atoms. The SMILES string of the molecule is C=CC1=C(C)C(CC2=C(C)C(CCC(=O)O)/C(=C/c3[nH]c(/C=C4\NC(=O)[C@H](C)[C@H]4[C@H]4CS4)c(C)c3CCC(=O)O)N2)NC1=O. The molecule has 2 saturated heterocycles. The van der Waals surface area contributed by atoms with Gasteiger partial charge in [-0.25, -0.2) is 0 Å². The van der Waals surface area contributed by atoms with Gasteiger partial charge < -0.3 is 31.1 Å². The second kappa shape index (κ2) is 12.6. The van der Waals surface area contributed by atoms with E-state index in [1.165, 1.54) is 0 Å². The zero-order valence-corrected chi connectivity index (χ0v) is 26.3. The van der Waals surface area contributed by atoms with E-state index in [2.05, 4.69) is 27.5 Å². The molecule has 0 aliphatic carbocycles. The van der Waals surface area contributed by atoms with Gasteiger partial charge in [0.25, 0.3) is 5.91 Å². The first-order valence-electron chi connectivity index (χ1n) is 15.0. The summed E-state index contributed by atoms with van der Waals surface area (Å²) in [5, 5.41) is 29.0. The second-order valence-electron chi connectivity index (χ2n) is 12.1. The van der Waals surface area contributed by atoms with E-state index in [-0.39, 0.29) is 48.5 Å². The highest BCUT2D eigenvalue weighted by Gasteiger charge is 2.45. The van der Waals surface area contributed by atoms with Gasteiger partial charge in [0.05, 0.1) is 6.04 Å². The summed E-state index contributed by atoms with van der Waals surface area (Å²) < 4.78 is 0. The lowest BCUT2D eigenvalue weighted by atomic mass is 9.91. The average molecular weight is 621 g/mol. The van der Waals surface area contributed by atoms with Crippen molar-refractivity contribution in [3.05, 3.63) is 69.0 Å². The Morgan fingerprint density at radius 2 is 1.68 bits per heavy atom. The zero-order chi connectivity index (χ0) is 31.9. The number of carboxylic acids is 2. The molecule has 2 fully saturated rings. The van der Waals surface area contributed by atoms with Crippen LogP contribution in [0.2, 0.25) is 0 Å².